The van der Waals surface area contributed by atoms with E-state index in [-0.39, 0.29) is 41.8 Å². The molecule has 2 amide bonds. The van der Waals surface area contributed by atoms with Gasteiger partial charge in [-0.2, -0.15) is 0 Å². The predicted octanol–water partition coefficient (Wildman–Crippen LogP) is 2.77. The third-order valence-corrected chi connectivity index (χ3v) is 6.48. The van der Waals surface area contributed by atoms with Crippen molar-refractivity contribution >= 4 is 40.7 Å². The Morgan fingerprint density at radius 2 is 2.00 bits per heavy atom. The number of carbonyl (C=O) groups is 3. The average molecular weight is 468 g/mol. The lowest BCUT2D eigenvalue weighted by Gasteiger charge is -2.24. The number of ketones is 1. The zero-order valence-corrected chi connectivity index (χ0v) is 19.1. The van der Waals surface area contributed by atoms with E-state index in [1.165, 1.54) is 13.1 Å². The summed E-state index contributed by atoms with van der Waals surface area (Å²) in [5.74, 6) is -0.251. The second-order valence-electron chi connectivity index (χ2n) is 8.41. The molecule has 1 saturated carbocycles. The molecule has 4 rings (SSSR count). The number of hydrogen-bond acceptors (Lipinski definition) is 6. The Balaban J connectivity index is 1.35. The molecule has 0 bridgehead atoms. The minimum Gasteiger partial charge on any atom is -0.360 e. The molecular weight excluding hydrogens is 442 g/mol. The van der Waals surface area contributed by atoms with E-state index >= 15 is 0 Å². The molecule has 1 aliphatic heterocycles. The molecule has 3 N–H and O–H groups in total. The van der Waals surface area contributed by atoms with Crippen LogP contribution in [0.4, 0.5) is 5.82 Å². The molecule has 1 aromatic carbocycles. The van der Waals surface area contributed by atoms with E-state index in [1.807, 2.05) is 24.3 Å². The van der Waals surface area contributed by atoms with E-state index in [2.05, 4.69) is 15.6 Å². The van der Waals surface area contributed by atoms with Crippen molar-refractivity contribution in [3.63, 3.8) is 0 Å². The summed E-state index contributed by atoms with van der Waals surface area (Å²) in [5.41, 5.74) is 1.21. The number of pyridine rings is 1. The summed E-state index contributed by atoms with van der Waals surface area (Å²) in [6.45, 7) is 1.74. The van der Waals surface area contributed by atoms with Gasteiger partial charge in [0.25, 0.3) is 0 Å². The molecule has 2 heterocycles. The quantitative estimate of drug-likeness (QED) is 0.516. The van der Waals surface area contributed by atoms with Crippen LogP contribution in [-0.4, -0.2) is 58.4 Å². The van der Waals surface area contributed by atoms with E-state index in [9.17, 15) is 14.4 Å². The maximum absolute atomic E-state index is 12.9. The van der Waals surface area contributed by atoms with E-state index in [0.29, 0.717) is 29.4 Å². The largest absolute Gasteiger partial charge is 0.360 e. The lowest BCUT2D eigenvalue weighted by molar-refractivity contribution is -0.137. The number of amides is 2. The number of anilines is 1. The number of aromatic nitrogens is 1. The molecule has 3 unspecified atom stereocenters. The Morgan fingerprint density at radius 1 is 1.21 bits per heavy atom. The first-order chi connectivity index (χ1) is 15.9. The first kappa shape index (κ1) is 22.9. The molecule has 8 nitrogen and oxygen atoms in total. The highest BCUT2D eigenvalue weighted by atomic mass is 35.5. The van der Waals surface area contributed by atoms with Gasteiger partial charge in [0.1, 0.15) is 17.6 Å². The number of nitrogens with zero attached hydrogens (tertiary/aromatic N) is 2. The third-order valence-electron chi connectivity index (χ3n) is 6.13. The Bertz CT molecular complexity index is 1110. The second kappa shape index (κ2) is 9.70. The van der Waals surface area contributed by atoms with Gasteiger partial charge in [-0.3, -0.25) is 19.8 Å². The second-order valence-corrected chi connectivity index (χ2v) is 8.82. The number of rotatable bonds is 8. The smallest absolute Gasteiger partial charge is 0.243 e. The lowest BCUT2D eigenvalue weighted by Crippen LogP contribution is -2.48. The molecule has 1 aliphatic carbocycles. The van der Waals surface area contributed by atoms with E-state index in [4.69, 9.17) is 17.0 Å². The van der Waals surface area contributed by atoms with Crippen LogP contribution in [0, 0.1) is 5.41 Å². The molecule has 9 heteroatoms. The Labute approximate surface area is 197 Å². The maximum Gasteiger partial charge on any atom is 0.243 e. The van der Waals surface area contributed by atoms with Gasteiger partial charge in [0.2, 0.25) is 11.8 Å². The summed E-state index contributed by atoms with van der Waals surface area (Å²) in [5, 5.41) is 14.7. The topological polar surface area (TPSA) is 115 Å². The highest BCUT2D eigenvalue weighted by molar-refractivity contribution is 6.45. The van der Waals surface area contributed by atoms with Crippen molar-refractivity contribution in [2.45, 2.75) is 44.2 Å². The molecule has 2 aliphatic rings. The summed E-state index contributed by atoms with van der Waals surface area (Å²) in [7, 11) is 0. The highest BCUT2D eigenvalue weighted by Crippen LogP contribution is 2.43. The summed E-state index contributed by atoms with van der Waals surface area (Å²) >= 11 is 6.28. The van der Waals surface area contributed by atoms with Crippen molar-refractivity contribution in [1.82, 2.24) is 15.2 Å². The van der Waals surface area contributed by atoms with E-state index in [0.717, 1.165) is 18.4 Å². The molecule has 3 atom stereocenters. The molecule has 2 aromatic rings. The molecular formula is C24H26ClN5O3. The lowest BCUT2D eigenvalue weighted by atomic mass is 10.1. The number of halogens is 1. The van der Waals surface area contributed by atoms with Gasteiger partial charge in [0, 0.05) is 42.2 Å². The Hall–Kier alpha value is -3.26. The van der Waals surface area contributed by atoms with Crippen molar-refractivity contribution in [2.75, 3.05) is 18.4 Å². The first-order valence-electron chi connectivity index (χ1n) is 11.0. The van der Waals surface area contributed by atoms with Gasteiger partial charge < -0.3 is 15.5 Å². The van der Waals surface area contributed by atoms with Gasteiger partial charge in [-0.1, -0.05) is 29.8 Å². The van der Waals surface area contributed by atoms with Crippen LogP contribution in [0.15, 0.2) is 42.6 Å². The summed E-state index contributed by atoms with van der Waals surface area (Å²) in [6.07, 6.45) is 3.74. The zero-order chi connectivity index (χ0) is 23.5. The van der Waals surface area contributed by atoms with Gasteiger partial charge in [0.15, 0.2) is 5.78 Å². The molecule has 1 saturated heterocycles. The fraction of sp³-hybridized carbons (Fsp3) is 0.375. The number of carbonyl (C=O) groups excluding carboxylic acids is 3. The minimum atomic E-state index is -0.509. The predicted molar refractivity (Wildman–Crippen MR) is 126 cm³/mol. The number of hydrogen-bond donors (Lipinski definition) is 3. The van der Waals surface area contributed by atoms with Crippen LogP contribution in [-0.2, 0) is 14.4 Å². The summed E-state index contributed by atoms with van der Waals surface area (Å²) < 4.78 is 0. The number of Topliss-reactive ketones (excluding diaryl/α,β-unsaturated/α-hetero) is 1. The van der Waals surface area contributed by atoms with Gasteiger partial charge in [0.05, 0.1) is 6.54 Å². The zero-order valence-electron chi connectivity index (χ0n) is 18.3. The van der Waals surface area contributed by atoms with Crippen LogP contribution >= 0.6 is 11.6 Å². The van der Waals surface area contributed by atoms with Crippen LogP contribution in [0.25, 0.3) is 0 Å². The SMILES string of the molecule is CC(=O)C(=N)c1cccnc1NCC(=O)N1CCCC1C(=O)NC1CC1c1ccccc1Cl. The maximum atomic E-state index is 12.9. The molecule has 33 heavy (non-hydrogen) atoms. The van der Waals surface area contributed by atoms with Gasteiger partial charge in [-0.05, 0) is 43.0 Å². The van der Waals surface area contributed by atoms with Crippen LogP contribution in [0.3, 0.4) is 0 Å². The Morgan fingerprint density at radius 3 is 2.76 bits per heavy atom. The van der Waals surface area contributed by atoms with E-state index < -0.39 is 6.04 Å². The molecule has 0 radical (unpaired) electrons. The molecule has 1 aromatic heterocycles. The van der Waals surface area contributed by atoms with Crippen molar-refractivity contribution < 1.29 is 14.4 Å². The fourth-order valence-electron chi connectivity index (χ4n) is 4.29. The minimum absolute atomic E-state index is 0.0294. The van der Waals surface area contributed by atoms with E-state index in [1.54, 1.807) is 17.0 Å². The Kier molecular flexibility index (Phi) is 6.74. The van der Waals surface area contributed by atoms with Crippen LogP contribution < -0.4 is 10.6 Å². The third kappa shape index (κ3) is 5.06. The van der Waals surface area contributed by atoms with Crippen molar-refractivity contribution in [3.05, 3.63) is 58.7 Å². The van der Waals surface area contributed by atoms with Gasteiger partial charge >= 0.3 is 0 Å². The first-order valence-corrected chi connectivity index (χ1v) is 11.4. The summed E-state index contributed by atoms with van der Waals surface area (Å²) in [4.78, 5) is 43.2. The average Bonchev–Trinajstić information content (AvgIpc) is 3.37. The monoisotopic (exact) mass is 467 g/mol. The van der Waals surface area contributed by atoms with Crippen LogP contribution in [0.1, 0.15) is 43.2 Å². The number of nitrogens with one attached hydrogen (secondary N) is 3. The van der Waals surface area contributed by atoms with Crippen molar-refractivity contribution in [3.8, 4) is 0 Å². The standard InChI is InChI=1S/C24H26ClN5O3/c1-14(31)22(26)16-7-4-10-27-23(16)28-13-21(32)30-11-5-9-20(30)24(33)29-19-12-17(19)15-6-2-3-8-18(15)25/h2-4,6-8,10,17,19-20,26H,5,9,11-13H2,1H3,(H,27,28)(H,29,33). The number of likely N-dealkylation sites (tertiary alicyclic amines) is 1. The number of benzene rings is 1. The van der Waals surface area contributed by atoms with Crippen molar-refractivity contribution in [2.24, 2.45) is 0 Å². The molecule has 0 spiro atoms. The summed E-state index contributed by atoms with van der Waals surface area (Å²) in [6, 6.07) is 10.4. The van der Waals surface area contributed by atoms with Crippen LogP contribution in [0.2, 0.25) is 5.02 Å². The normalized spacial score (nSPS) is 21.4. The molecule has 172 valence electrons. The van der Waals surface area contributed by atoms with Crippen molar-refractivity contribution in [1.29, 1.82) is 5.41 Å². The van der Waals surface area contributed by atoms with Gasteiger partial charge in [-0.15, -0.1) is 0 Å². The van der Waals surface area contributed by atoms with Gasteiger partial charge in [-0.25, -0.2) is 4.98 Å². The molecule has 2 fully saturated rings. The fourth-order valence-corrected chi connectivity index (χ4v) is 4.57. The highest BCUT2D eigenvalue weighted by Gasteiger charge is 2.43. The van der Waals surface area contributed by atoms with Crippen LogP contribution in [0.5, 0.6) is 0 Å².